The molecule has 0 spiro atoms. The van der Waals surface area contributed by atoms with Gasteiger partial charge in [0.15, 0.2) is 11.0 Å². The molecule has 1 aromatic heterocycles. The van der Waals surface area contributed by atoms with Crippen LogP contribution < -0.4 is 14.4 Å². The average molecular weight is 778 g/mol. The number of nitrogens with zero attached hydrogens (tertiary/aromatic N) is 4. The quantitative estimate of drug-likeness (QED) is 0.112. The topological polar surface area (TPSA) is 107 Å². The molecule has 1 aliphatic rings. The number of sulfone groups is 1. The van der Waals surface area contributed by atoms with Crippen LogP contribution in [0.1, 0.15) is 43.6 Å². The third-order valence-electron chi connectivity index (χ3n) is 7.80. The van der Waals surface area contributed by atoms with Gasteiger partial charge < -0.3 is 14.4 Å². The first-order valence-corrected chi connectivity index (χ1v) is 19.2. The smallest absolute Gasteiger partial charge is 0.418 e. The fraction of sp³-hybridized carbons (Fsp3) is 0.433. The number of rotatable bonds is 12. The van der Waals surface area contributed by atoms with Crippen LogP contribution in [0.3, 0.4) is 0 Å². The number of aromatic nitrogens is 2. The largest absolute Gasteiger partial charge is 0.748 e. The zero-order chi connectivity index (χ0) is 36.7. The zero-order valence-corrected chi connectivity index (χ0v) is 29.5. The average Bonchev–Trinajstić information content (AvgIpc) is 3.39. The number of aryl methyl sites for hydroxylation is 2. The van der Waals surface area contributed by atoms with Crippen molar-refractivity contribution < 1.29 is 52.3 Å². The van der Waals surface area contributed by atoms with Crippen LogP contribution in [0.15, 0.2) is 42.2 Å². The molecule has 0 radical (unpaired) electrons. The molecule has 0 N–H and O–H groups in total. The molecule has 2 aromatic carbocycles. The van der Waals surface area contributed by atoms with Crippen molar-refractivity contribution in [2.45, 2.75) is 52.1 Å². The number of hydrogen-bond acceptors (Lipinski definition) is 7. The van der Waals surface area contributed by atoms with E-state index < -0.39 is 59.2 Å². The Labute approximate surface area is 289 Å². The highest BCUT2D eigenvalue weighted by atomic mass is 35.5. The van der Waals surface area contributed by atoms with Gasteiger partial charge in [-0.15, -0.1) is 0 Å². The summed E-state index contributed by atoms with van der Waals surface area (Å²) in [7, 11) is -8.02. The van der Waals surface area contributed by atoms with Gasteiger partial charge in [0.25, 0.3) is 5.82 Å². The van der Waals surface area contributed by atoms with Crippen LogP contribution in [0.2, 0.25) is 10.0 Å². The summed E-state index contributed by atoms with van der Waals surface area (Å²) >= 11 is 12.1. The van der Waals surface area contributed by atoms with E-state index >= 15 is 0 Å². The molecule has 4 rings (SSSR count). The summed E-state index contributed by atoms with van der Waals surface area (Å²) in [4.78, 5) is 3.08. The molecule has 0 aliphatic carbocycles. The molecule has 0 atom stereocenters. The molecule has 3 aromatic rings. The van der Waals surface area contributed by atoms with Crippen LogP contribution in [0, 0.1) is 0 Å². The summed E-state index contributed by atoms with van der Waals surface area (Å²) < 4.78 is 144. The van der Waals surface area contributed by atoms with Gasteiger partial charge in [-0.05, 0) is 44.9 Å². The minimum Gasteiger partial charge on any atom is -0.748 e. The normalized spacial score (nSPS) is 15.4. The Morgan fingerprint density at radius 1 is 0.837 bits per heavy atom. The van der Waals surface area contributed by atoms with Crippen LogP contribution in [-0.4, -0.2) is 56.8 Å². The Hall–Kier alpha value is -2.99. The number of fused-ring (bicyclic) bond motifs is 2. The molecule has 0 fully saturated rings. The minimum atomic E-state index is -4.80. The number of alkyl halides is 6. The van der Waals surface area contributed by atoms with E-state index in [0.29, 0.717) is 22.8 Å². The summed E-state index contributed by atoms with van der Waals surface area (Å²) in [6, 6.07) is 4.09. The fourth-order valence-electron chi connectivity index (χ4n) is 5.79. The second kappa shape index (κ2) is 14.3. The summed E-state index contributed by atoms with van der Waals surface area (Å²) in [5.41, 5.74) is -1.30. The number of halogens is 8. The SMILES string of the molecule is CCN1/C(=C\C=C\c2n(CC)c3cc(Cl)c(C(F)(F)F)cc3[n+]2CCCS(C)(=O)=O)N(CCCS(=O)(=O)[O-])c2cc(C(F)(F)F)c(Cl)cc21. The van der Waals surface area contributed by atoms with Gasteiger partial charge in [-0.25, -0.2) is 26.0 Å². The number of anilines is 2. The predicted molar refractivity (Wildman–Crippen MR) is 175 cm³/mol. The van der Waals surface area contributed by atoms with Crippen LogP contribution in [0.4, 0.5) is 37.7 Å². The van der Waals surface area contributed by atoms with Crippen molar-refractivity contribution in [3.05, 3.63) is 69.2 Å². The van der Waals surface area contributed by atoms with E-state index in [9.17, 15) is 47.7 Å². The molecule has 9 nitrogen and oxygen atoms in total. The molecule has 0 amide bonds. The van der Waals surface area contributed by atoms with Gasteiger partial charge in [0.05, 0.1) is 61.5 Å². The zero-order valence-electron chi connectivity index (χ0n) is 26.4. The van der Waals surface area contributed by atoms with Crippen LogP contribution in [-0.2, 0) is 45.4 Å². The molecule has 0 unspecified atom stereocenters. The Balaban J connectivity index is 1.88. The Morgan fingerprint density at radius 3 is 1.98 bits per heavy atom. The first-order chi connectivity index (χ1) is 22.6. The van der Waals surface area contributed by atoms with Gasteiger partial charge in [-0.2, -0.15) is 26.3 Å². The summed E-state index contributed by atoms with van der Waals surface area (Å²) in [5.74, 6) is -0.299. The molecular weight excluding hydrogens is 745 g/mol. The van der Waals surface area contributed by atoms with Crippen LogP contribution in [0.5, 0.6) is 0 Å². The lowest BCUT2D eigenvalue weighted by atomic mass is 10.1. The number of imidazole rings is 1. The molecular formula is C30H32Cl2F6N4O5S2. The lowest BCUT2D eigenvalue weighted by Crippen LogP contribution is -2.37. The van der Waals surface area contributed by atoms with Crippen LogP contribution in [0.25, 0.3) is 17.1 Å². The van der Waals surface area contributed by atoms with E-state index in [-0.39, 0.29) is 56.0 Å². The van der Waals surface area contributed by atoms with Gasteiger partial charge in [0.2, 0.25) is 0 Å². The maximum Gasteiger partial charge on any atom is 0.418 e. The van der Waals surface area contributed by atoms with Crippen molar-refractivity contribution >= 4 is 71.6 Å². The van der Waals surface area contributed by atoms with E-state index in [0.717, 1.165) is 24.5 Å². The molecule has 270 valence electrons. The molecule has 0 saturated heterocycles. The van der Waals surface area contributed by atoms with Crippen molar-refractivity contribution in [2.75, 3.05) is 40.7 Å². The third-order valence-corrected chi connectivity index (χ3v) is 10.2. The minimum absolute atomic E-state index is 0.0206. The highest BCUT2D eigenvalue weighted by molar-refractivity contribution is 7.90. The maximum atomic E-state index is 13.8. The lowest BCUT2D eigenvalue weighted by Gasteiger charge is -2.24. The highest BCUT2D eigenvalue weighted by Crippen LogP contribution is 2.48. The van der Waals surface area contributed by atoms with Crippen molar-refractivity contribution in [2.24, 2.45) is 0 Å². The Bertz CT molecular complexity index is 2030. The summed E-state index contributed by atoms with van der Waals surface area (Å²) in [6.07, 6.45) is -4.04. The monoisotopic (exact) mass is 776 g/mol. The molecule has 1 aliphatic heterocycles. The van der Waals surface area contributed by atoms with Crippen LogP contribution >= 0.6 is 23.2 Å². The second-order valence-corrected chi connectivity index (χ2v) is 15.9. The van der Waals surface area contributed by atoms with Gasteiger partial charge in [-0.3, -0.25) is 0 Å². The summed E-state index contributed by atoms with van der Waals surface area (Å²) in [6.45, 7) is 3.86. The van der Waals surface area contributed by atoms with Gasteiger partial charge >= 0.3 is 12.4 Å². The van der Waals surface area contributed by atoms with Crippen molar-refractivity contribution in [3.8, 4) is 0 Å². The molecule has 19 heteroatoms. The van der Waals surface area contributed by atoms with Crippen molar-refractivity contribution in [1.82, 2.24) is 4.57 Å². The summed E-state index contributed by atoms with van der Waals surface area (Å²) in [5, 5.41) is -1.08. The third kappa shape index (κ3) is 8.85. The first-order valence-electron chi connectivity index (χ1n) is 14.9. The number of hydrogen-bond donors (Lipinski definition) is 0. The molecule has 0 bridgehead atoms. The van der Waals surface area contributed by atoms with E-state index in [2.05, 4.69) is 0 Å². The van der Waals surface area contributed by atoms with E-state index in [1.807, 2.05) is 0 Å². The van der Waals surface area contributed by atoms with Gasteiger partial charge in [0, 0.05) is 43.3 Å². The van der Waals surface area contributed by atoms with E-state index in [1.54, 1.807) is 29.4 Å². The molecule has 49 heavy (non-hydrogen) atoms. The first kappa shape index (κ1) is 38.8. The Morgan fingerprint density at radius 2 is 1.43 bits per heavy atom. The van der Waals surface area contributed by atoms with Crippen molar-refractivity contribution in [3.63, 3.8) is 0 Å². The van der Waals surface area contributed by atoms with Gasteiger partial charge in [-0.1, -0.05) is 29.3 Å². The maximum absolute atomic E-state index is 13.8. The Kier molecular flexibility index (Phi) is 11.3. The molecule has 2 heterocycles. The van der Waals surface area contributed by atoms with E-state index in [4.69, 9.17) is 23.2 Å². The standard InChI is InChI=1S/C30H32Cl2F6N4O5S2/c1-4-39-25-17-21(31)19(29(33,34)35)15-23(25)41(11-7-13-48(3,43)44)27(39)9-6-10-28-40(5-2)26-18-22(32)20(30(36,37)38)16-24(26)42(28)12-8-14-49(45,46)47/h6,9-10,15-18H,4-5,7-8,11-14H2,1-3H3. The lowest BCUT2D eigenvalue weighted by molar-refractivity contribution is -0.673. The molecule has 0 saturated carbocycles. The van der Waals surface area contributed by atoms with Gasteiger partial charge in [0.1, 0.15) is 15.7 Å². The van der Waals surface area contributed by atoms with E-state index in [1.165, 1.54) is 27.7 Å². The number of benzene rings is 2. The predicted octanol–water partition coefficient (Wildman–Crippen LogP) is 6.86. The second-order valence-electron chi connectivity index (χ2n) is 11.3. The van der Waals surface area contributed by atoms with Crippen molar-refractivity contribution in [1.29, 1.82) is 0 Å². The fourth-order valence-corrected chi connectivity index (χ4v) is 7.45. The highest BCUT2D eigenvalue weighted by Gasteiger charge is 2.39. The number of allylic oxidation sites excluding steroid dienone is 2.